The van der Waals surface area contributed by atoms with Gasteiger partial charge in [-0.25, -0.2) is 9.18 Å². The number of likely N-dealkylation sites (tertiary alicyclic amines) is 1. The number of halogens is 2. The summed E-state index contributed by atoms with van der Waals surface area (Å²) in [6.45, 7) is 0.305. The fourth-order valence-corrected chi connectivity index (χ4v) is 2.66. The maximum Gasteiger partial charge on any atom is 0.329 e. The summed E-state index contributed by atoms with van der Waals surface area (Å²) in [4.78, 5) is 25.0. The van der Waals surface area contributed by atoms with Crippen molar-refractivity contribution >= 4 is 23.5 Å². The third kappa shape index (κ3) is 1.58. The predicted octanol–water partition coefficient (Wildman–Crippen LogP) is 1.62. The van der Waals surface area contributed by atoms with Crippen molar-refractivity contribution in [2.75, 3.05) is 6.54 Å². The average Bonchev–Trinajstić information content (AvgIpc) is 2.87. The van der Waals surface area contributed by atoms with Gasteiger partial charge in [-0.05, 0) is 12.1 Å². The third-order valence-electron chi connectivity index (χ3n) is 3.26. The van der Waals surface area contributed by atoms with Gasteiger partial charge in [0.2, 0.25) is 0 Å². The fraction of sp³-hybridized carbons (Fsp3) is 0.333. The largest absolute Gasteiger partial charge is 0.459 e. The molecular weight excluding hydrogens is 261 g/mol. The Morgan fingerprint density at radius 2 is 2.28 bits per heavy atom. The van der Waals surface area contributed by atoms with Crippen LogP contribution in [-0.2, 0) is 9.53 Å². The number of ether oxygens (including phenoxy) is 1. The van der Waals surface area contributed by atoms with E-state index in [9.17, 15) is 14.0 Å². The van der Waals surface area contributed by atoms with Crippen LogP contribution in [0.4, 0.5) is 4.39 Å². The molecule has 2 aliphatic rings. The van der Waals surface area contributed by atoms with Crippen LogP contribution in [-0.4, -0.2) is 35.5 Å². The van der Waals surface area contributed by atoms with E-state index in [2.05, 4.69) is 0 Å². The minimum Gasteiger partial charge on any atom is -0.459 e. The van der Waals surface area contributed by atoms with Gasteiger partial charge in [-0.1, -0.05) is 17.7 Å². The van der Waals surface area contributed by atoms with E-state index >= 15 is 0 Å². The van der Waals surface area contributed by atoms with Crippen LogP contribution in [0, 0.1) is 5.82 Å². The first-order valence-electron chi connectivity index (χ1n) is 5.53. The van der Waals surface area contributed by atoms with Crippen LogP contribution in [0.25, 0.3) is 0 Å². The molecule has 0 spiro atoms. The van der Waals surface area contributed by atoms with Crippen molar-refractivity contribution in [3.8, 4) is 0 Å². The van der Waals surface area contributed by atoms with Gasteiger partial charge in [0.05, 0.1) is 17.1 Å². The van der Waals surface area contributed by atoms with Gasteiger partial charge in [0.25, 0.3) is 5.91 Å². The zero-order valence-electron chi connectivity index (χ0n) is 9.23. The van der Waals surface area contributed by atoms with Gasteiger partial charge in [0.15, 0.2) is 0 Å². The number of rotatable bonds is 1. The van der Waals surface area contributed by atoms with Crippen molar-refractivity contribution in [3.63, 3.8) is 0 Å². The molecule has 94 valence electrons. The number of hydrogen-bond donors (Lipinski definition) is 0. The number of fused-ring (bicyclic) bond motifs is 2. The molecule has 1 amide bonds. The molecule has 1 aromatic rings. The lowest BCUT2D eigenvalue weighted by Crippen LogP contribution is -2.44. The van der Waals surface area contributed by atoms with E-state index in [0.717, 1.165) is 0 Å². The molecule has 2 heterocycles. The minimum absolute atomic E-state index is 0.0520. The average molecular weight is 270 g/mol. The number of amides is 1. The van der Waals surface area contributed by atoms with E-state index < -0.39 is 23.7 Å². The second-order valence-corrected chi connectivity index (χ2v) is 4.77. The summed E-state index contributed by atoms with van der Waals surface area (Å²) >= 11 is 5.84. The first-order valence-corrected chi connectivity index (χ1v) is 5.91. The van der Waals surface area contributed by atoms with Gasteiger partial charge in [0.1, 0.15) is 18.0 Å². The molecule has 2 atom stereocenters. The molecule has 6 heteroatoms. The van der Waals surface area contributed by atoms with Gasteiger partial charge in [-0.15, -0.1) is 0 Å². The molecule has 4 nitrogen and oxygen atoms in total. The summed E-state index contributed by atoms with van der Waals surface area (Å²) in [5, 5.41) is 0.0520. The normalized spacial score (nSPS) is 25.4. The van der Waals surface area contributed by atoms with Crippen LogP contribution in [0.15, 0.2) is 18.2 Å². The van der Waals surface area contributed by atoms with E-state index in [1.54, 1.807) is 0 Å². The highest BCUT2D eigenvalue weighted by Crippen LogP contribution is 2.32. The molecule has 0 radical (unpaired) electrons. The molecule has 2 aliphatic heterocycles. The van der Waals surface area contributed by atoms with Crippen molar-refractivity contribution in [1.29, 1.82) is 0 Å². The predicted molar refractivity (Wildman–Crippen MR) is 60.7 cm³/mol. The highest BCUT2D eigenvalue weighted by atomic mass is 35.5. The van der Waals surface area contributed by atoms with Crippen LogP contribution < -0.4 is 0 Å². The van der Waals surface area contributed by atoms with Crippen LogP contribution >= 0.6 is 11.6 Å². The Morgan fingerprint density at radius 1 is 1.50 bits per heavy atom. The van der Waals surface area contributed by atoms with Crippen molar-refractivity contribution < 1.29 is 18.7 Å². The smallest absolute Gasteiger partial charge is 0.329 e. The Labute approximate surface area is 107 Å². The second kappa shape index (κ2) is 3.95. The molecule has 0 aliphatic carbocycles. The summed E-state index contributed by atoms with van der Waals surface area (Å²) in [6.07, 6.45) is 0.216. The van der Waals surface area contributed by atoms with Crippen LogP contribution in [0.2, 0.25) is 5.02 Å². The molecule has 0 aromatic heterocycles. The fourth-order valence-electron chi connectivity index (χ4n) is 2.42. The van der Waals surface area contributed by atoms with E-state index in [-0.39, 0.29) is 16.7 Å². The lowest BCUT2D eigenvalue weighted by molar-refractivity contribution is -0.149. The molecule has 0 saturated carbocycles. The van der Waals surface area contributed by atoms with E-state index in [1.165, 1.54) is 23.1 Å². The maximum atomic E-state index is 13.6. The van der Waals surface area contributed by atoms with E-state index in [1.807, 2.05) is 0 Å². The topological polar surface area (TPSA) is 46.6 Å². The maximum absolute atomic E-state index is 13.6. The van der Waals surface area contributed by atoms with Gasteiger partial charge < -0.3 is 9.64 Å². The van der Waals surface area contributed by atoms with Gasteiger partial charge >= 0.3 is 5.97 Å². The molecule has 2 fully saturated rings. The van der Waals surface area contributed by atoms with Crippen LogP contribution in [0.5, 0.6) is 0 Å². The number of carbonyl (C=O) groups excluding carboxylic acids is 2. The van der Waals surface area contributed by atoms with Crippen LogP contribution in [0.1, 0.15) is 16.8 Å². The Balaban J connectivity index is 1.94. The molecule has 3 rings (SSSR count). The standard InChI is InChI=1S/C12H9ClFNO3/c13-7-2-1-3-8(14)10(7)11(16)15-5-6-4-9(15)12(17)18-6/h1-3,6,9H,4-5H2/t6-,9-/m1/s1. The first kappa shape index (κ1) is 11.5. The lowest BCUT2D eigenvalue weighted by Gasteiger charge is -2.26. The number of benzene rings is 1. The highest BCUT2D eigenvalue weighted by molar-refractivity contribution is 6.33. The molecule has 2 bridgehead atoms. The Hall–Kier alpha value is -1.62. The summed E-state index contributed by atoms with van der Waals surface area (Å²) in [6, 6.07) is 3.45. The van der Waals surface area contributed by atoms with Crippen LogP contribution in [0.3, 0.4) is 0 Å². The minimum atomic E-state index is -0.677. The molecule has 0 unspecified atom stereocenters. The molecule has 1 aromatic carbocycles. The zero-order valence-corrected chi connectivity index (χ0v) is 9.98. The summed E-state index contributed by atoms with van der Waals surface area (Å²) in [5.41, 5.74) is -0.181. The van der Waals surface area contributed by atoms with Crippen molar-refractivity contribution in [1.82, 2.24) is 4.90 Å². The number of hydrogen-bond acceptors (Lipinski definition) is 3. The van der Waals surface area contributed by atoms with E-state index in [0.29, 0.717) is 13.0 Å². The highest BCUT2D eigenvalue weighted by Gasteiger charge is 2.49. The van der Waals surface area contributed by atoms with Crippen molar-refractivity contribution in [2.24, 2.45) is 0 Å². The molecule has 0 N–H and O–H groups in total. The monoisotopic (exact) mass is 269 g/mol. The zero-order chi connectivity index (χ0) is 12.9. The Bertz CT molecular complexity index is 528. The Morgan fingerprint density at radius 3 is 2.89 bits per heavy atom. The number of morpholine rings is 1. The summed E-state index contributed by atoms with van der Waals surface area (Å²) in [5.74, 6) is -1.65. The number of nitrogens with zero attached hydrogens (tertiary/aromatic N) is 1. The molecule has 2 saturated heterocycles. The molecular formula is C12H9ClFNO3. The quantitative estimate of drug-likeness (QED) is 0.728. The first-order chi connectivity index (χ1) is 8.58. The van der Waals surface area contributed by atoms with Gasteiger partial charge in [-0.2, -0.15) is 0 Å². The third-order valence-corrected chi connectivity index (χ3v) is 3.57. The summed E-state index contributed by atoms with van der Waals surface area (Å²) < 4.78 is 18.6. The molecule has 18 heavy (non-hydrogen) atoms. The number of carbonyl (C=O) groups is 2. The van der Waals surface area contributed by atoms with Gasteiger partial charge in [-0.3, -0.25) is 4.79 Å². The SMILES string of the molecule is O=C1O[C@@H]2C[C@H]1N(C(=O)c1c(F)cccc1Cl)C2. The van der Waals surface area contributed by atoms with Gasteiger partial charge in [0, 0.05) is 6.42 Å². The Kier molecular flexibility index (Phi) is 2.52. The number of esters is 1. The van der Waals surface area contributed by atoms with Crippen molar-refractivity contribution in [3.05, 3.63) is 34.6 Å². The second-order valence-electron chi connectivity index (χ2n) is 4.36. The van der Waals surface area contributed by atoms with Crippen molar-refractivity contribution in [2.45, 2.75) is 18.6 Å². The lowest BCUT2D eigenvalue weighted by atomic mass is 10.1. The summed E-state index contributed by atoms with van der Waals surface area (Å²) in [7, 11) is 0. The van der Waals surface area contributed by atoms with E-state index in [4.69, 9.17) is 16.3 Å².